The summed E-state index contributed by atoms with van der Waals surface area (Å²) in [5.74, 6) is -3.96. The molecule has 2 rings (SSSR count). The molecule has 14 heteroatoms. The molecule has 0 aromatic heterocycles. The molecule has 0 saturated carbocycles. The van der Waals surface area contributed by atoms with Crippen LogP contribution in [0.2, 0.25) is 0 Å². The zero-order valence-electron chi connectivity index (χ0n) is 17.7. The third kappa shape index (κ3) is 6.88. The number of ether oxygens (including phenoxy) is 7. The van der Waals surface area contributed by atoms with Crippen LogP contribution >= 0.6 is 0 Å². The van der Waals surface area contributed by atoms with Crippen LogP contribution in [-0.4, -0.2) is 85.9 Å². The number of rotatable bonds is 8. The number of hydrogen-bond acceptors (Lipinski definition) is 13. The van der Waals surface area contributed by atoms with E-state index in [-0.39, 0.29) is 0 Å². The Kier molecular flexibility index (Phi) is 8.48. The fraction of sp³-hybridized carbons (Fsp3) is 0.667. The Bertz CT molecular complexity index is 781. The highest BCUT2D eigenvalue weighted by Crippen LogP contribution is 2.30. The zero-order valence-corrected chi connectivity index (χ0v) is 17.7. The van der Waals surface area contributed by atoms with Crippen molar-refractivity contribution in [3.8, 4) is 0 Å². The van der Waals surface area contributed by atoms with E-state index in [0.29, 0.717) is 0 Å². The number of amides is 1. The van der Waals surface area contributed by atoms with Crippen molar-refractivity contribution in [2.45, 2.75) is 64.4 Å². The van der Waals surface area contributed by atoms with E-state index in [2.05, 4.69) is 10.1 Å². The van der Waals surface area contributed by atoms with Crippen molar-refractivity contribution in [2.75, 3.05) is 13.2 Å². The monoisotopic (exact) mass is 461 g/mol. The van der Waals surface area contributed by atoms with Gasteiger partial charge in [-0.2, -0.15) is 0 Å². The van der Waals surface area contributed by atoms with E-state index in [1.807, 2.05) is 0 Å². The first-order chi connectivity index (χ1) is 15.0. The molecule has 2 heterocycles. The fourth-order valence-electron chi connectivity index (χ4n) is 3.02. The van der Waals surface area contributed by atoms with Gasteiger partial charge in [0.2, 0.25) is 0 Å². The molecule has 0 radical (unpaired) electrons. The summed E-state index contributed by atoms with van der Waals surface area (Å²) >= 11 is 0. The minimum absolute atomic E-state index is 0.431. The second kappa shape index (κ2) is 10.9. The van der Waals surface area contributed by atoms with Crippen LogP contribution in [0.3, 0.4) is 0 Å². The highest BCUT2D eigenvalue weighted by Gasteiger charge is 2.53. The Balaban J connectivity index is 2.32. The van der Waals surface area contributed by atoms with Crippen LogP contribution in [0.5, 0.6) is 0 Å². The molecule has 178 valence electrons. The lowest BCUT2D eigenvalue weighted by Gasteiger charge is -2.44. The Labute approximate surface area is 181 Å². The van der Waals surface area contributed by atoms with Gasteiger partial charge < -0.3 is 38.5 Å². The summed E-state index contributed by atoms with van der Waals surface area (Å²) in [4.78, 5) is 69.2. The Morgan fingerprint density at radius 2 is 1.38 bits per heavy atom. The maximum atomic E-state index is 11.7. The van der Waals surface area contributed by atoms with E-state index in [4.69, 9.17) is 28.4 Å². The molecule has 2 fully saturated rings. The first-order valence-electron chi connectivity index (χ1n) is 9.42. The summed E-state index contributed by atoms with van der Waals surface area (Å²) in [6, 6.07) is -1.17. The minimum Gasteiger partial charge on any atom is -0.463 e. The second-order valence-corrected chi connectivity index (χ2v) is 6.81. The molecule has 0 unspecified atom stereocenters. The summed E-state index contributed by atoms with van der Waals surface area (Å²) in [5.41, 5.74) is 0. The lowest BCUT2D eigenvalue weighted by Crippen LogP contribution is -2.63. The van der Waals surface area contributed by atoms with Crippen LogP contribution in [0.25, 0.3) is 0 Å². The van der Waals surface area contributed by atoms with Crippen molar-refractivity contribution in [1.29, 1.82) is 0 Å². The molecule has 0 aromatic carbocycles. The molecule has 0 aliphatic carbocycles. The molecule has 0 aromatic rings. The van der Waals surface area contributed by atoms with Crippen LogP contribution in [-0.2, 0) is 57.1 Å². The predicted octanol–water partition coefficient (Wildman–Crippen LogP) is -1.28. The van der Waals surface area contributed by atoms with Crippen molar-refractivity contribution in [2.24, 2.45) is 0 Å². The average molecular weight is 461 g/mol. The Hall–Kier alpha value is -3.26. The van der Waals surface area contributed by atoms with Gasteiger partial charge in [0.25, 0.3) is 0 Å². The van der Waals surface area contributed by atoms with Crippen LogP contribution in [0.15, 0.2) is 0 Å². The topological polar surface area (TPSA) is 179 Å². The number of carbonyl (C=O) groups is 6. The van der Waals surface area contributed by atoms with Crippen LogP contribution in [0, 0.1) is 0 Å². The quantitative estimate of drug-likeness (QED) is 0.257. The van der Waals surface area contributed by atoms with E-state index in [1.54, 1.807) is 0 Å². The Morgan fingerprint density at radius 3 is 1.88 bits per heavy atom. The van der Waals surface area contributed by atoms with Crippen LogP contribution in [0.1, 0.15) is 27.7 Å². The summed E-state index contributed by atoms with van der Waals surface area (Å²) in [5, 5.41) is 2.21. The van der Waals surface area contributed by atoms with Gasteiger partial charge in [0.15, 0.2) is 30.6 Å². The lowest BCUT2D eigenvalue weighted by molar-refractivity contribution is -0.308. The number of carbonyl (C=O) groups excluding carboxylic acids is 6. The maximum absolute atomic E-state index is 11.7. The normalized spacial score (nSPS) is 29.4. The van der Waals surface area contributed by atoms with Gasteiger partial charge in [-0.05, 0) is 0 Å². The second-order valence-electron chi connectivity index (χ2n) is 6.81. The first kappa shape index (κ1) is 25.0. The Morgan fingerprint density at radius 1 is 0.812 bits per heavy atom. The number of hydrogen-bond donors (Lipinski definition) is 1. The number of alkyl carbamates (subject to hydrolysis) is 1. The van der Waals surface area contributed by atoms with E-state index in [0.717, 1.165) is 27.7 Å². The molecule has 14 nitrogen and oxygen atoms in total. The lowest BCUT2D eigenvalue weighted by atomic mass is 9.98. The molecule has 0 bridgehead atoms. The molecular weight excluding hydrogens is 438 g/mol. The molecule has 0 spiro atoms. The predicted molar refractivity (Wildman–Crippen MR) is 96.3 cm³/mol. The molecule has 2 saturated heterocycles. The van der Waals surface area contributed by atoms with Gasteiger partial charge in [0.05, 0.1) is 6.61 Å². The molecule has 2 aliphatic rings. The van der Waals surface area contributed by atoms with Crippen molar-refractivity contribution in [3.63, 3.8) is 0 Å². The molecule has 1 amide bonds. The van der Waals surface area contributed by atoms with Gasteiger partial charge in [0.1, 0.15) is 12.7 Å². The van der Waals surface area contributed by atoms with Gasteiger partial charge in [-0.1, -0.05) is 0 Å². The van der Waals surface area contributed by atoms with Gasteiger partial charge in [0, 0.05) is 27.7 Å². The summed E-state index contributed by atoms with van der Waals surface area (Å²) in [6.45, 7) is 3.48. The van der Waals surface area contributed by atoms with Gasteiger partial charge in [-0.3, -0.25) is 19.2 Å². The highest BCUT2D eigenvalue weighted by atomic mass is 16.7. The van der Waals surface area contributed by atoms with Crippen LogP contribution in [0.4, 0.5) is 4.79 Å². The standard InChI is InChI=1S/C18H23NO13/c1-7(20)26-6-12-13(28-8(2)21)14(29-9(3)22)15(30-10(4)23)17(31-12)27-5-11-16(24)32-18(25)19-11/h11-15,17H,5-6H2,1-4H3,(H,19,25)/t11-,12+,13+,14-,15-,17-/m0/s1. The summed E-state index contributed by atoms with van der Waals surface area (Å²) in [7, 11) is 0. The smallest absolute Gasteiger partial charge is 0.415 e. The SMILES string of the molecule is CC(=O)OC[C@H]1O[C@H](OC[C@@H]2NC(=O)OC2=O)[C@@H](OC(C)=O)[C@@H](OC(C)=O)[C@@H]1OC(C)=O. The van der Waals surface area contributed by atoms with Crippen molar-refractivity contribution >= 4 is 35.9 Å². The number of nitrogens with one attached hydrogen (secondary N) is 1. The zero-order chi connectivity index (χ0) is 24.0. The highest BCUT2D eigenvalue weighted by molar-refractivity contribution is 5.95. The molecule has 1 N–H and O–H groups in total. The largest absolute Gasteiger partial charge is 0.463 e. The molecule has 6 atom stereocenters. The average Bonchev–Trinajstić information content (AvgIpc) is 2.98. The molecule has 32 heavy (non-hydrogen) atoms. The third-order valence-corrected chi connectivity index (χ3v) is 4.15. The first-order valence-corrected chi connectivity index (χ1v) is 9.42. The van der Waals surface area contributed by atoms with Gasteiger partial charge >= 0.3 is 35.9 Å². The van der Waals surface area contributed by atoms with E-state index < -0.39 is 85.9 Å². The molecular formula is C18H23NO13. The summed E-state index contributed by atoms with van der Waals surface area (Å²) in [6.07, 6.45) is -7.83. The van der Waals surface area contributed by atoms with Crippen molar-refractivity contribution in [3.05, 3.63) is 0 Å². The van der Waals surface area contributed by atoms with Crippen LogP contribution < -0.4 is 5.32 Å². The maximum Gasteiger partial charge on any atom is 0.415 e. The molecule has 2 aliphatic heterocycles. The fourth-order valence-corrected chi connectivity index (χ4v) is 3.02. The van der Waals surface area contributed by atoms with E-state index in [9.17, 15) is 28.8 Å². The van der Waals surface area contributed by atoms with Crippen molar-refractivity contribution in [1.82, 2.24) is 5.32 Å². The van der Waals surface area contributed by atoms with Gasteiger partial charge in [-0.15, -0.1) is 0 Å². The number of cyclic esters (lactones) is 2. The van der Waals surface area contributed by atoms with Crippen molar-refractivity contribution < 1.29 is 61.9 Å². The van der Waals surface area contributed by atoms with E-state index >= 15 is 0 Å². The third-order valence-electron chi connectivity index (χ3n) is 4.15. The minimum atomic E-state index is -1.47. The number of esters is 5. The van der Waals surface area contributed by atoms with E-state index in [1.165, 1.54) is 0 Å². The van der Waals surface area contributed by atoms with Gasteiger partial charge in [-0.25, -0.2) is 9.59 Å². The summed E-state index contributed by atoms with van der Waals surface area (Å²) < 4.78 is 36.1.